The number of amides is 1. The van der Waals surface area contributed by atoms with Gasteiger partial charge in [-0.05, 0) is 54.8 Å². The molecule has 0 radical (unpaired) electrons. The molecule has 3 aromatic rings. The molecule has 2 N–H and O–H groups in total. The Kier molecular flexibility index (Phi) is 8.35. The summed E-state index contributed by atoms with van der Waals surface area (Å²) in [6, 6.07) is 20.8. The number of rotatable bonds is 9. The molecule has 4 rings (SSSR count). The Morgan fingerprint density at radius 2 is 1.74 bits per heavy atom. The van der Waals surface area contributed by atoms with Gasteiger partial charge in [0.05, 0.1) is 26.0 Å². The SMILES string of the molecule is CC#C[C@@H](CC(=O)O)c1ccc(OCc2cccc(C[N+]3(C(=O)O)CCCc4ccc(OC)cc43)c2)cc1. The van der Waals surface area contributed by atoms with E-state index in [0.717, 1.165) is 40.8 Å². The average molecular weight is 515 g/mol. The molecule has 1 aliphatic rings. The third-order valence-corrected chi connectivity index (χ3v) is 6.93. The number of hydrogen-bond acceptors (Lipinski definition) is 4. The van der Waals surface area contributed by atoms with Crippen molar-refractivity contribution in [1.29, 1.82) is 0 Å². The molecule has 0 spiro atoms. The van der Waals surface area contributed by atoms with Crippen molar-refractivity contribution in [2.45, 2.75) is 45.3 Å². The zero-order valence-electron chi connectivity index (χ0n) is 21.6. The van der Waals surface area contributed by atoms with E-state index in [1.54, 1.807) is 14.0 Å². The van der Waals surface area contributed by atoms with Gasteiger partial charge in [0.15, 0.2) is 5.69 Å². The number of aliphatic carboxylic acids is 1. The summed E-state index contributed by atoms with van der Waals surface area (Å²) in [6.45, 7) is 2.84. The van der Waals surface area contributed by atoms with Crippen LogP contribution in [-0.2, 0) is 24.4 Å². The monoisotopic (exact) mass is 514 g/mol. The van der Waals surface area contributed by atoms with Crippen LogP contribution in [0, 0.1) is 11.8 Å². The third-order valence-electron chi connectivity index (χ3n) is 6.93. The highest BCUT2D eigenvalue weighted by Crippen LogP contribution is 2.38. The quantitative estimate of drug-likeness (QED) is 0.269. The van der Waals surface area contributed by atoms with Gasteiger partial charge in [-0.2, -0.15) is 9.28 Å². The molecule has 196 valence electrons. The van der Waals surface area contributed by atoms with Gasteiger partial charge in [0.25, 0.3) is 0 Å². The Hall–Kier alpha value is -4.28. The number of quaternary nitrogens is 1. The van der Waals surface area contributed by atoms with Crippen LogP contribution in [0.15, 0.2) is 66.7 Å². The predicted molar refractivity (Wildman–Crippen MR) is 145 cm³/mol. The molecule has 0 fully saturated rings. The van der Waals surface area contributed by atoms with Crippen LogP contribution < -0.4 is 14.0 Å². The number of carboxylic acids is 1. The summed E-state index contributed by atoms with van der Waals surface area (Å²) >= 11 is 0. The highest BCUT2D eigenvalue weighted by atomic mass is 16.5. The Bertz CT molecular complexity index is 1370. The number of carboxylic acid groups (broad SMARTS) is 2. The highest BCUT2D eigenvalue weighted by molar-refractivity contribution is 5.83. The molecule has 0 aromatic heterocycles. The van der Waals surface area contributed by atoms with Gasteiger partial charge in [0.2, 0.25) is 0 Å². The molecule has 1 amide bonds. The summed E-state index contributed by atoms with van der Waals surface area (Å²) in [7, 11) is 1.59. The van der Waals surface area contributed by atoms with Crippen LogP contribution >= 0.6 is 0 Å². The second-order valence-electron chi connectivity index (χ2n) is 9.45. The van der Waals surface area contributed by atoms with Crippen molar-refractivity contribution < 1.29 is 29.3 Å². The summed E-state index contributed by atoms with van der Waals surface area (Å²) < 4.78 is 11.2. The molecule has 2 atom stereocenters. The van der Waals surface area contributed by atoms with E-state index >= 15 is 0 Å². The van der Waals surface area contributed by atoms with E-state index in [9.17, 15) is 14.7 Å². The Morgan fingerprint density at radius 1 is 1.00 bits per heavy atom. The molecule has 0 aliphatic carbocycles. The smallest absolute Gasteiger partial charge is 0.497 e. The summed E-state index contributed by atoms with van der Waals surface area (Å²) in [5, 5.41) is 19.5. The standard InChI is InChI=1S/C31H31NO6/c1-3-6-26(18-30(33)34)24-10-13-27(14-11-24)38-21-23-8-4-7-22(17-23)20-32(31(35)36)16-5-9-25-12-15-28(37-2)19-29(25)32/h4,7-8,10-15,17,19,26H,5,9,16,18,20-21H2,1-2H3,(H-,33,34,35,36)/p+1/t26-,32?/m0/s1. The molecule has 7 heteroatoms. The number of nitrogens with zero attached hydrogens (tertiary/aromatic N) is 1. The molecule has 1 aliphatic heterocycles. The second-order valence-corrected chi connectivity index (χ2v) is 9.45. The minimum Gasteiger partial charge on any atom is -0.497 e. The Labute approximate surface area is 222 Å². The first-order valence-electron chi connectivity index (χ1n) is 12.6. The maximum atomic E-state index is 12.7. The second kappa shape index (κ2) is 11.8. The normalized spacial score (nSPS) is 16.9. The molecule has 0 saturated heterocycles. The fourth-order valence-electron chi connectivity index (χ4n) is 5.06. The van der Waals surface area contributed by atoms with Gasteiger partial charge in [-0.25, -0.2) is 0 Å². The summed E-state index contributed by atoms with van der Waals surface area (Å²) in [5.74, 6) is 5.80. The van der Waals surface area contributed by atoms with E-state index in [4.69, 9.17) is 14.6 Å². The molecular formula is C31H32NO6+. The van der Waals surface area contributed by atoms with Crippen molar-refractivity contribution in [1.82, 2.24) is 4.48 Å². The van der Waals surface area contributed by atoms with Gasteiger partial charge >= 0.3 is 12.1 Å². The number of carbonyl (C=O) groups is 2. The maximum absolute atomic E-state index is 12.7. The number of benzene rings is 3. The first-order valence-corrected chi connectivity index (χ1v) is 12.6. The minimum absolute atomic E-state index is 0.0541. The largest absolute Gasteiger partial charge is 0.519 e. The predicted octanol–water partition coefficient (Wildman–Crippen LogP) is 5.99. The van der Waals surface area contributed by atoms with E-state index in [0.29, 0.717) is 31.2 Å². The average Bonchev–Trinajstić information content (AvgIpc) is 2.92. The lowest BCUT2D eigenvalue weighted by atomic mass is 9.96. The third kappa shape index (κ3) is 5.99. The number of hydrogen-bond donors (Lipinski definition) is 2. The van der Waals surface area contributed by atoms with E-state index < -0.39 is 12.1 Å². The lowest BCUT2D eigenvalue weighted by Gasteiger charge is -2.37. The molecule has 0 bridgehead atoms. The van der Waals surface area contributed by atoms with Gasteiger partial charge in [-0.3, -0.25) is 4.79 Å². The van der Waals surface area contributed by atoms with Crippen LogP contribution in [0.5, 0.6) is 11.5 Å². The zero-order chi connectivity index (χ0) is 27.1. The number of ether oxygens (including phenoxy) is 2. The van der Waals surface area contributed by atoms with Crippen LogP contribution in [0.4, 0.5) is 10.5 Å². The number of methoxy groups -OCH3 is 1. The Morgan fingerprint density at radius 3 is 2.42 bits per heavy atom. The van der Waals surface area contributed by atoms with Crippen LogP contribution in [0.3, 0.4) is 0 Å². The van der Waals surface area contributed by atoms with Gasteiger partial charge in [0.1, 0.15) is 24.7 Å². The summed E-state index contributed by atoms with van der Waals surface area (Å²) in [6.07, 6.45) is 0.708. The van der Waals surface area contributed by atoms with Gasteiger partial charge in [0, 0.05) is 23.6 Å². The van der Waals surface area contributed by atoms with E-state index in [-0.39, 0.29) is 16.8 Å². The van der Waals surface area contributed by atoms with Crippen molar-refractivity contribution in [3.8, 4) is 23.3 Å². The first kappa shape index (κ1) is 26.8. The molecule has 1 unspecified atom stereocenters. The first-order chi connectivity index (χ1) is 18.3. The van der Waals surface area contributed by atoms with Gasteiger partial charge < -0.3 is 19.7 Å². The fourth-order valence-corrected chi connectivity index (χ4v) is 5.06. The molecule has 7 nitrogen and oxygen atoms in total. The van der Waals surface area contributed by atoms with E-state index in [1.165, 1.54) is 0 Å². The van der Waals surface area contributed by atoms with Crippen LogP contribution in [0.25, 0.3) is 0 Å². The Balaban J connectivity index is 1.50. The van der Waals surface area contributed by atoms with Crippen molar-refractivity contribution in [3.05, 3.63) is 89.0 Å². The van der Waals surface area contributed by atoms with Gasteiger partial charge in [-0.1, -0.05) is 36.3 Å². The topological polar surface area (TPSA) is 93.1 Å². The molecule has 0 saturated carbocycles. The molecule has 3 aromatic carbocycles. The minimum atomic E-state index is -0.892. The summed E-state index contributed by atoms with van der Waals surface area (Å²) in [4.78, 5) is 23.8. The highest BCUT2D eigenvalue weighted by Gasteiger charge is 2.44. The van der Waals surface area contributed by atoms with Crippen molar-refractivity contribution in [2.24, 2.45) is 0 Å². The van der Waals surface area contributed by atoms with Crippen LogP contribution in [0.1, 0.15) is 47.9 Å². The van der Waals surface area contributed by atoms with E-state index in [1.807, 2.05) is 66.7 Å². The maximum Gasteiger partial charge on any atom is 0.519 e. The van der Waals surface area contributed by atoms with E-state index in [2.05, 4.69) is 11.8 Å². The lowest BCUT2D eigenvalue weighted by Crippen LogP contribution is -2.55. The fraction of sp³-hybridized carbons (Fsp3) is 0.290. The molecule has 38 heavy (non-hydrogen) atoms. The molecular weight excluding hydrogens is 482 g/mol. The number of aryl methyl sites for hydroxylation is 1. The van der Waals surface area contributed by atoms with Crippen molar-refractivity contribution in [2.75, 3.05) is 13.7 Å². The van der Waals surface area contributed by atoms with Crippen LogP contribution in [0.2, 0.25) is 0 Å². The zero-order valence-corrected chi connectivity index (χ0v) is 21.6. The summed E-state index contributed by atoms with van der Waals surface area (Å²) in [5.41, 5.74) is 4.49. The van der Waals surface area contributed by atoms with Crippen molar-refractivity contribution in [3.63, 3.8) is 0 Å². The van der Waals surface area contributed by atoms with Crippen LogP contribution in [-0.4, -0.2) is 35.9 Å². The van der Waals surface area contributed by atoms with Gasteiger partial charge in [-0.15, -0.1) is 5.92 Å². The lowest BCUT2D eigenvalue weighted by molar-refractivity contribution is -0.137. The van der Waals surface area contributed by atoms with Crippen molar-refractivity contribution >= 4 is 17.7 Å². The number of fused-ring (bicyclic) bond motifs is 1. The molecule has 1 heterocycles.